The molecule has 0 aromatic rings. The molecule has 0 aromatic carbocycles. The molecule has 1 heterocycles. The van der Waals surface area contributed by atoms with Crippen LogP contribution in [0.3, 0.4) is 0 Å². The lowest BCUT2D eigenvalue weighted by Gasteiger charge is -2.22. The zero-order valence-electron chi connectivity index (χ0n) is 8.79. The van der Waals surface area contributed by atoms with Gasteiger partial charge < -0.3 is 5.11 Å². The SMILES string of the molecule is CC(C)CN1CCC[C@H]1C(=O)O.S.S. The molecule has 3 nitrogen and oxygen atoms in total. The monoisotopic (exact) mass is 239 g/mol. The van der Waals surface area contributed by atoms with Crippen LogP contribution in [0.25, 0.3) is 0 Å². The van der Waals surface area contributed by atoms with Crippen LogP contribution in [0.15, 0.2) is 0 Å². The van der Waals surface area contributed by atoms with E-state index >= 15 is 0 Å². The van der Waals surface area contributed by atoms with Gasteiger partial charge in [0, 0.05) is 6.54 Å². The van der Waals surface area contributed by atoms with Gasteiger partial charge in [-0.1, -0.05) is 13.8 Å². The van der Waals surface area contributed by atoms with Crippen molar-refractivity contribution < 1.29 is 9.90 Å². The van der Waals surface area contributed by atoms with Gasteiger partial charge in [-0.2, -0.15) is 27.0 Å². The molecule has 14 heavy (non-hydrogen) atoms. The van der Waals surface area contributed by atoms with Crippen molar-refractivity contribution in [3.8, 4) is 0 Å². The molecule has 1 rings (SSSR count). The fourth-order valence-electron chi connectivity index (χ4n) is 1.79. The minimum Gasteiger partial charge on any atom is -0.480 e. The molecular weight excluding hydrogens is 218 g/mol. The van der Waals surface area contributed by atoms with Gasteiger partial charge in [0.15, 0.2) is 0 Å². The molecule has 5 heteroatoms. The molecule has 0 bridgehead atoms. The summed E-state index contributed by atoms with van der Waals surface area (Å²) in [6, 6.07) is -0.215. The van der Waals surface area contributed by atoms with Crippen molar-refractivity contribution >= 4 is 33.0 Å². The van der Waals surface area contributed by atoms with E-state index in [1.54, 1.807) is 0 Å². The first kappa shape index (κ1) is 16.6. The number of hydrogen-bond acceptors (Lipinski definition) is 2. The number of likely N-dealkylation sites (tertiary alicyclic amines) is 1. The molecule has 1 N–H and O–H groups in total. The molecule has 1 aliphatic heterocycles. The Hall–Kier alpha value is 0.130. The van der Waals surface area contributed by atoms with Crippen molar-refractivity contribution in [3.05, 3.63) is 0 Å². The van der Waals surface area contributed by atoms with E-state index in [1.165, 1.54) is 0 Å². The van der Waals surface area contributed by atoms with E-state index in [0.29, 0.717) is 5.92 Å². The first-order valence-corrected chi connectivity index (χ1v) is 4.58. The first-order chi connectivity index (χ1) is 5.61. The van der Waals surface area contributed by atoms with E-state index in [-0.39, 0.29) is 33.0 Å². The summed E-state index contributed by atoms with van der Waals surface area (Å²) in [7, 11) is 0. The van der Waals surface area contributed by atoms with Gasteiger partial charge in [0.2, 0.25) is 0 Å². The van der Waals surface area contributed by atoms with Crippen LogP contribution in [-0.2, 0) is 4.79 Å². The minimum atomic E-state index is -0.659. The number of nitrogens with zero attached hydrogens (tertiary/aromatic N) is 1. The second-order valence-corrected chi connectivity index (χ2v) is 3.89. The Morgan fingerprint density at radius 1 is 1.50 bits per heavy atom. The quantitative estimate of drug-likeness (QED) is 0.810. The highest BCUT2D eigenvalue weighted by Gasteiger charge is 2.30. The number of carboxylic acid groups (broad SMARTS) is 1. The Bertz CT molecular complexity index is 176. The predicted molar refractivity (Wildman–Crippen MR) is 67.8 cm³/mol. The molecule has 0 saturated carbocycles. The summed E-state index contributed by atoms with van der Waals surface area (Å²) in [5.41, 5.74) is 0. The lowest BCUT2D eigenvalue weighted by atomic mass is 10.2. The second-order valence-electron chi connectivity index (χ2n) is 3.89. The Morgan fingerprint density at radius 2 is 2.07 bits per heavy atom. The summed E-state index contributed by atoms with van der Waals surface area (Å²) in [5, 5.41) is 8.85. The highest BCUT2D eigenvalue weighted by atomic mass is 32.1. The summed E-state index contributed by atoms with van der Waals surface area (Å²) in [6.45, 7) is 6.11. The van der Waals surface area contributed by atoms with Crippen LogP contribution < -0.4 is 0 Å². The molecule has 0 aromatic heterocycles. The molecular formula is C9H21NO2S2. The first-order valence-electron chi connectivity index (χ1n) is 4.58. The standard InChI is InChI=1S/C9H17NO2.2H2S/c1-7(2)6-10-5-3-4-8(10)9(11)12;;/h7-8H,3-6H2,1-2H3,(H,11,12);2*1H2/t8-;;/m0../s1. The fourth-order valence-corrected chi connectivity index (χ4v) is 1.79. The lowest BCUT2D eigenvalue weighted by Crippen LogP contribution is -2.38. The van der Waals surface area contributed by atoms with Crippen LogP contribution in [0.2, 0.25) is 0 Å². The molecule has 0 unspecified atom stereocenters. The number of carboxylic acids is 1. The van der Waals surface area contributed by atoms with Gasteiger partial charge in [-0.3, -0.25) is 9.69 Å². The molecule has 86 valence electrons. The summed E-state index contributed by atoms with van der Waals surface area (Å²) in [5.74, 6) is -0.0990. The van der Waals surface area contributed by atoms with Crippen LogP contribution in [0, 0.1) is 5.92 Å². The normalized spacial score (nSPS) is 21.5. The number of carbonyl (C=O) groups is 1. The largest absolute Gasteiger partial charge is 0.480 e. The topological polar surface area (TPSA) is 40.5 Å². The van der Waals surface area contributed by atoms with Crippen molar-refractivity contribution in [2.24, 2.45) is 5.92 Å². The lowest BCUT2D eigenvalue weighted by molar-refractivity contribution is -0.142. The average Bonchev–Trinajstić information content (AvgIpc) is 2.33. The predicted octanol–water partition coefficient (Wildman–Crippen LogP) is 1.42. The number of aliphatic carboxylic acids is 1. The molecule has 1 fully saturated rings. The van der Waals surface area contributed by atoms with Gasteiger partial charge >= 0.3 is 5.97 Å². The Labute approximate surface area is 99.8 Å². The molecule has 1 atom stereocenters. The molecule has 0 amide bonds. The Kier molecular flexibility index (Phi) is 8.78. The van der Waals surface area contributed by atoms with Gasteiger partial charge in [-0.15, -0.1) is 0 Å². The summed E-state index contributed by atoms with van der Waals surface area (Å²) in [4.78, 5) is 12.8. The number of rotatable bonds is 3. The van der Waals surface area contributed by atoms with Crippen molar-refractivity contribution in [1.82, 2.24) is 4.90 Å². The molecule has 0 aliphatic carbocycles. The van der Waals surface area contributed by atoms with E-state index < -0.39 is 5.97 Å². The van der Waals surface area contributed by atoms with Gasteiger partial charge in [-0.25, -0.2) is 0 Å². The molecule has 0 spiro atoms. The van der Waals surface area contributed by atoms with Crippen LogP contribution >= 0.6 is 27.0 Å². The van der Waals surface area contributed by atoms with Crippen LogP contribution in [0.4, 0.5) is 0 Å². The highest BCUT2D eigenvalue weighted by Crippen LogP contribution is 2.18. The maximum Gasteiger partial charge on any atom is 0.320 e. The van der Waals surface area contributed by atoms with Crippen LogP contribution in [0.5, 0.6) is 0 Å². The van der Waals surface area contributed by atoms with E-state index in [2.05, 4.69) is 18.7 Å². The van der Waals surface area contributed by atoms with Crippen LogP contribution in [-0.4, -0.2) is 35.1 Å². The van der Waals surface area contributed by atoms with E-state index in [1.807, 2.05) is 0 Å². The van der Waals surface area contributed by atoms with Gasteiger partial charge in [0.05, 0.1) is 0 Å². The summed E-state index contributed by atoms with van der Waals surface area (Å²) >= 11 is 0. The Balaban J connectivity index is 0. The summed E-state index contributed by atoms with van der Waals surface area (Å²) in [6.07, 6.45) is 1.85. The third-order valence-corrected chi connectivity index (χ3v) is 2.25. The van der Waals surface area contributed by atoms with Gasteiger partial charge in [0.25, 0.3) is 0 Å². The Morgan fingerprint density at radius 3 is 2.50 bits per heavy atom. The maximum absolute atomic E-state index is 10.8. The summed E-state index contributed by atoms with van der Waals surface area (Å²) < 4.78 is 0. The fraction of sp³-hybridized carbons (Fsp3) is 0.889. The average molecular weight is 239 g/mol. The van der Waals surface area contributed by atoms with Gasteiger partial charge in [0.1, 0.15) is 6.04 Å². The van der Waals surface area contributed by atoms with Crippen molar-refractivity contribution in [3.63, 3.8) is 0 Å². The van der Waals surface area contributed by atoms with Crippen LogP contribution in [0.1, 0.15) is 26.7 Å². The highest BCUT2D eigenvalue weighted by molar-refractivity contribution is 7.59. The zero-order chi connectivity index (χ0) is 9.14. The van der Waals surface area contributed by atoms with Crippen molar-refractivity contribution in [2.45, 2.75) is 32.7 Å². The molecule has 1 aliphatic rings. The van der Waals surface area contributed by atoms with E-state index in [0.717, 1.165) is 25.9 Å². The third-order valence-electron chi connectivity index (χ3n) is 2.25. The zero-order valence-corrected chi connectivity index (χ0v) is 10.8. The van der Waals surface area contributed by atoms with E-state index in [9.17, 15) is 4.79 Å². The maximum atomic E-state index is 10.8. The minimum absolute atomic E-state index is 0. The third kappa shape index (κ3) is 4.57. The van der Waals surface area contributed by atoms with E-state index in [4.69, 9.17) is 5.11 Å². The van der Waals surface area contributed by atoms with Crippen molar-refractivity contribution in [1.29, 1.82) is 0 Å². The molecule has 0 radical (unpaired) electrons. The molecule has 1 saturated heterocycles. The number of hydrogen-bond donors (Lipinski definition) is 1. The van der Waals surface area contributed by atoms with Crippen molar-refractivity contribution in [2.75, 3.05) is 13.1 Å². The smallest absolute Gasteiger partial charge is 0.320 e. The van der Waals surface area contributed by atoms with Gasteiger partial charge in [-0.05, 0) is 25.3 Å². The second kappa shape index (κ2) is 7.43.